The van der Waals surface area contributed by atoms with Gasteiger partial charge in [-0.15, -0.1) is 0 Å². The van der Waals surface area contributed by atoms with Crippen LogP contribution in [0.3, 0.4) is 0 Å². The van der Waals surface area contributed by atoms with E-state index in [1.165, 1.54) is 7.11 Å². The third kappa shape index (κ3) is 10.5. The normalized spacial score (nSPS) is 16.5. The van der Waals surface area contributed by atoms with Crippen LogP contribution in [0, 0.1) is 32.1 Å². The van der Waals surface area contributed by atoms with Crippen LogP contribution in [0.4, 0.5) is 0 Å². The van der Waals surface area contributed by atoms with Crippen molar-refractivity contribution in [2.45, 2.75) is 136 Å². The number of carbonyl (C=O) groups excluding carboxylic acids is 3. The fourth-order valence-corrected chi connectivity index (χ4v) is 7.13. The van der Waals surface area contributed by atoms with Crippen LogP contribution in [-0.2, 0) is 40.3 Å². The van der Waals surface area contributed by atoms with E-state index < -0.39 is 69.2 Å². The molecule has 0 fully saturated rings. The van der Waals surface area contributed by atoms with Gasteiger partial charge in [0.25, 0.3) is 10.0 Å². The molecule has 4 atom stereocenters. The number of guanidine groups is 1. The van der Waals surface area contributed by atoms with Crippen LogP contribution in [0.25, 0.3) is 0 Å². The summed E-state index contributed by atoms with van der Waals surface area (Å²) >= 11 is 0. The van der Waals surface area contributed by atoms with Gasteiger partial charge in [-0.3, -0.25) is 15.0 Å². The van der Waals surface area contributed by atoms with E-state index >= 15 is 0 Å². The number of benzene rings is 1. The van der Waals surface area contributed by atoms with Crippen LogP contribution in [0.1, 0.15) is 90.5 Å². The lowest BCUT2D eigenvalue weighted by atomic mass is 9.94. The Morgan fingerprint density at radius 2 is 1.62 bits per heavy atom. The van der Waals surface area contributed by atoms with Gasteiger partial charge < -0.3 is 35.9 Å². The highest BCUT2D eigenvalue weighted by Crippen LogP contribution is 2.43. The molecule has 1 aromatic rings. The maximum absolute atomic E-state index is 13.5. The molecular formula is C33H56N6O8S. The van der Waals surface area contributed by atoms with E-state index in [9.17, 15) is 22.8 Å². The minimum absolute atomic E-state index is 0.0792. The molecule has 2 rings (SSSR count). The summed E-state index contributed by atoms with van der Waals surface area (Å²) in [4.78, 5) is 39.0. The van der Waals surface area contributed by atoms with Crippen LogP contribution in [0.5, 0.6) is 5.75 Å². The lowest BCUT2D eigenvalue weighted by Gasteiger charge is -2.31. The Kier molecular flexibility index (Phi) is 13.5. The van der Waals surface area contributed by atoms with E-state index in [-0.39, 0.29) is 30.2 Å². The number of ether oxygens (including phenoxy) is 3. The minimum Gasteiger partial charge on any atom is -0.487 e. The number of nitrogens with one attached hydrogen (secondary N) is 5. The summed E-state index contributed by atoms with van der Waals surface area (Å²) in [6, 6.07) is -3.14. The first-order valence-electron chi connectivity index (χ1n) is 16.2. The van der Waals surface area contributed by atoms with Gasteiger partial charge in [-0.2, -0.15) is 0 Å². The lowest BCUT2D eigenvalue weighted by Crippen LogP contribution is -2.58. The number of amides is 2. The Morgan fingerprint density at radius 3 is 2.17 bits per heavy atom. The molecule has 2 amide bonds. The van der Waals surface area contributed by atoms with Crippen LogP contribution in [0.2, 0.25) is 0 Å². The summed E-state index contributed by atoms with van der Waals surface area (Å²) in [5, 5.41) is 16.4. The van der Waals surface area contributed by atoms with Crippen molar-refractivity contribution in [3.05, 3.63) is 22.3 Å². The Morgan fingerprint density at radius 1 is 1.02 bits per heavy atom. The van der Waals surface area contributed by atoms with Gasteiger partial charge in [-0.25, -0.2) is 17.9 Å². The van der Waals surface area contributed by atoms with Gasteiger partial charge >= 0.3 is 5.97 Å². The molecule has 0 aromatic heterocycles. The Balaban J connectivity index is 2.16. The number of carbonyl (C=O) groups is 3. The van der Waals surface area contributed by atoms with Crippen molar-refractivity contribution in [1.29, 1.82) is 5.41 Å². The predicted molar refractivity (Wildman–Crippen MR) is 183 cm³/mol. The number of methoxy groups -OCH3 is 1. The van der Waals surface area contributed by atoms with Gasteiger partial charge in [0.15, 0.2) is 6.04 Å². The summed E-state index contributed by atoms with van der Waals surface area (Å²) in [5.41, 5.74) is 7.64. The molecule has 0 unspecified atom stereocenters. The molecule has 0 radical (unpaired) electrons. The number of nitrogens with two attached hydrogens (primary N) is 1. The summed E-state index contributed by atoms with van der Waals surface area (Å²) in [7, 11) is -2.93. The largest absolute Gasteiger partial charge is 0.487 e. The number of sulfonamides is 1. The van der Waals surface area contributed by atoms with Crippen molar-refractivity contribution in [3.8, 4) is 5.75 Å². The zero-order valence-electron chi connectivity index (χ0n) is 30.5. The first kappa shape index (κ1) is 40.7. The van der Waals surface area contributed by atoms with E-state index in [4.69, 9.17) is 25.4 Å². The van der Waals surface area contributed by atoms with Crippen LogP contribution < -0.4 is 31.1 Å². The van der Waals surface area contributed by atoms with E-state index in [0.29, 0.717) is 23.3 Å². The molecular weight excluding hydrogens is 640 g/mol. The summed E-state index contributed by atoms with van der Waals surface area (Å²) in [6.07, 6.45) is 0.116. The van der Waals surface area contributed by atoms with Crippen molar-refractivity contribution in [2.75, 3.05) is 13.7 Å². The van der Waals surface area contributed by atoms with Crippen molar-refractivity contribution in [1.82, 2.24) is 20.7 Å². The Hall–Kier alpha value is -3.43. The van der Waals surface area contributed by atoms with Crippen LogP contribution in [-0.4, -0.2) is 81.2 Å². The zero-order valence-corrected chi connectivity index (χ0v) is 31.3. The van der Waals surface area contributed by atoms with Crippen molar-refractivity contribution in [2.24, 2.45) is 11.7 Å². The molecule has 1 aromatic carbocycles. The van der Waals surface area contributed by atoms with E-state index in [1.807, 2.05) is 41.5 Å². The standard InChI is InChI=1S/C33H56N6O8S/c1-17(2)24(34)29(41)37-23(28(40)38-25(30(42)45-12)21(6)46-32(7,8)9)14-13-15-36-31(35)39-48(43,44)27-19(4)18(3)26-22(20(27)5)16-33(10,11)47-26/h17,21,23-25H,13-16,34H2,1-12H3,(H,37,41)(H,38,40)(H3,35,36,39)/t21-,23+,24+,25+/m1/s1. The molecule has 15 heteroatoms. The monoisotopic (exact) mass is 696 g/mol. The van der Waals surface area contributed by atoms with Gasteiger partial charge in [0, 0.05) is 18.5 Å². The van der Waals surface area contributed by atoms with Crippen molar-refractivity contribution >= 4 is 33.8 Å². The molecule has 0 aliphatic carbocycles. The van der Waals surface area contributed by atoms with Gasteiger partial charge in [0.2, 0.25) is 17.8 Å². The molecule has 0 saturated carbocycles. The summed E-state index contributed by atoms with van der Waals surface area (Å²) in [5.74, 6) is -1.86. The molecule has 272 valence electrons. The summed E-state index contributed by atoms with van der Waals surface area (Å²) in [6.45, 7) is 19.9. The number of rotatable bonds is 14. The fourth-order valence-electron chi connectivity index (χ4n) is 5.60. The molecule has 1 aliphatic heterocycles. The van der Waals surface area contributed by atoms with E-state index in [1.54, 1.807) is 34.6 Å². The number of fused-ring (bicyclic) bond motifs is 1. The smallest absolute Gasteiger partial charge is 0.331 e. The second kappa shape index (κ2) is 15.9. The number of hydrogen-bond acceptors (Lipinski definition) is 10. The SMILES string of the molecule is COC(=O)[C@@H](NC(=O)[C@H](CCCNC(=N)NS(=O)(=O)c1c(C)c(C)c2c(c1C)CC(C)(C)O2)NC(=O)[C@@H](N)C(C)C)[C@@H](C)OC(C)(C)C. The van der Waals surface area contributed by atoms with Crippen molar-refractivity contribution < 1.29 is 37.0 Å². The van der Waals surface area contributed by atoms with E-state index in [0.717, 1.165) is 11.1 Å². The average Bonchev–Trinajstić information content (AvgIpc) is 3.29. The minimum atomic E-state index is -4.13. The molecule has 1 heterocycles. The number of hydrogen-bond donors (Lipinski definition) is 6. The fraction of sp³-hybridized carbons (Fsp3) is 0.697. The molecule has 0 spiro atoms. The molecule has 48 heavy (non-hydrogen) atoms. The molecule has 0 bridgehead atoms. The first-order valence-corrected chi connectivity index (χ1v) is 17.7. The highest BCUT2D eigenvalue weighted by atomic mass is 32.2. The van der Waals surface area contributed by atoms with Gasteiger partial charge in [-0.05, 0) is 97.8 Å². The lowest BCUT2D eigenvalue weighted by molar-refractivity contribution is -0.153. The van der Waals surface area contributed by atoms with Crippen LogP contribution in [0.15, 0.2) is 4.90 Å². The number of esters is 1. The second-order valence-corrected chi connectivity index (χ2v) is 16.0. The molecule has 14 nitrogen and oxygen atoms in total. The van der Waals surface area contributed by atoms with E-state index in [2.05, 4.69) is 20.7 Å². The van der Waals surface area contributed by atoms with Crippen LogP contribution >= 0.6 is 0 Å². The average molecular weight is 697 g/mol. The Bertz CT molecular complexity index is 1490. The highest BCUT2D eigenvalue weighted by molar-refractivity contribution is 7.90. The second-order valence-electron chi connectivity index (χ2n) is 14.4. The highest BCUT2D eigenvalue weighted by Gasteiger charge is 2.37. The maximum Gasteiger partial charge on any atom is 0.331 e. The Labute approximate surface area is 285 Å². The van der Waals surface area contributed by atoms with Gasteiger partial charge in [0.05, 0.1) is 29.8 Å². The molecule has 7 N–H and O–H groups in total. The zero-order chi connectivity index (χ0) is 36.9. The molecule has 1 aliphatic rings. The first-order chi connectivity index (χ1) is 21.9. The maximum atomic E-state index is 13.5. The predicted octanol–water partition coefficient (Wildman–Crippen LogP) is 2.24. The van der Waals surface area contributed by atoms with Crippen molar-refractivity contribution in [3.63, 3.8) is 0 Å². The quantitative estimate of drug-likeness (QED) is 0.0723. The summed E-state index contributed by atoms with van der Waals surface area (Å²) < 4.78 is 46.2. The molecule has 0 saturated heterocycles. The van der Waals surface area contributed by atoms with Gasteiger partial charge in [0.1, 0.15) is 17.4 Å². The third-order valence-electron chi connectivity index (χ3n) is 8.18. The third-order valence-corrected chi connectivity index (χ3v) is 9.81. The topological polar surface area (TPSA) is 211 Å². The van der Waals surface area contributed by atoms with Gasteiger partial charge in [-0.1, -0.05) is 13.8 Å².